The fourth-order valence-corrected chi connectivity index (χ4v) is 1.97. The van der Waals surface area contributed by atoms with Gasteiger partial charge in [-0.2, -0.15) is 8.42 Å². The number of pyridine rings is 1. The maximum absolute atomic E-state index is 11.7. The highest BCUT2D eigenvalue weighted by Crippen LogP contribution is 1.99. The Morgan fingerprint density at radius 2 is 2.11 bits per heavy atom. The summed E-state index contributed by atoms with van der Waals surface area (Å²) in [6, 6.07) is 3.42. The van der Waals surface area contributed by atoms with Crippen LogP contribution in [0.3, 0.4) is 0 Å². The Bertz CT molecular complexity index is 526. The minimum absolute atomic E-state index is 0.112. The molecule has 1 heterocycles. The fourth-order valence-electron chi connectivity index (χ4n) is 1.48. The van der Waals surface area contributed by atoms with E-state index in [1.54, 1.807) is 43.2 Å². The Morgan fingerprint density at radius 1 is 1.44 bits per heavy atom. The van der Waals surface area contributed by atoms with Gasteiger partial charge in [0.15, 0.2) is 12.4 Å². The lowest BCUT2D eigenvalue weighted by Gasteiger charge is -2.08. The van der Waals surface area contributed by atoms with Crippen molar-refractivity contribution < 1.29 is 22.3 Å². The van der Waals surface area contributed by atoms with E-state index in [2.05, 4.69) is 0 Å². The largest absolute Gasteiger partial charge is 0.345 e. The molecule has 18 heavy (non-hydrogen) atoms. The van der Waals surface area contributed by atoms with Crippen LogP contribution >= 0.6 is 0 Å². The molecule has 0 aromatic carbocycles. The highest BCUT2D eigenvalue weighted by atomic mass is 32.2. The first-order chi connectivity index (χ1) is 8.29. The van der Waals surface area contributed by atoms with Gasteiger partial charge in [-0.15, -0.1) is 0 Å². The van der Waals surface area contributed by atoms with Crippen molar-refractivity contribution in [1.29, 1.82) is 0 Å². The lowest BCUT2D eigenvalue weighted by atomic mass is 10.2. The van der Waals surface area contributed by atoms with Crippen molar-refractivity contribution in [2.75, 3.05) is 19.8 Å². The van der Waals surface area contributed by atoms with E-state index in [0.717, 1.165) is 0 Å². The molecular weight excluding hydrogens is 256 g/mol. The van der Waals surface area contributed by atoms with Gasteiger partial charge in [0, 0.05) is 26.6 Å². The van der Waals surface area contributed by atoms with Gasteiger partial charge < -0.3 is 4.90 Å². The lowest BCUT2D eigenvalue weighted by Crippen LogP contribution is -2.36. The van der Waals surface area contributed by atoms with Crippen LogP contribution in [0.25, 0.3) is 0 Å². The maximum Gasteiger partial charge on any atom is 0.265 e. The van der Waals surface area contributed by atoms with Crippen LogP contribution in [0.2, 0.25) is 0 Å². The quantitative estimate of drug-likeness (QED) is 0.603. The molecule has 0 aliphatic rings. The number of amides is 1. The number of aromatic nitrogens is 1. The molecule has 0 aliphatic heterocycles. The molecule has 1 aromatic heterocycles. The Hall–Kier alpha value is -1.47. The first kappa shape index (κ1) is 14.6. The Balaban J connectivity index is 2.68. The number of hydrogen-bond donors (Lipinski definition) is 1. The molecule has 100 valence electrons. The highest BCUT2D eigenvalue weighted by Gasteiger charge is 2.13. The zero-order chi connectivity index (χ0) is 13.8. The topological polar surface area (TPSA) is 78.6 Å². The van der Waals surface area contributed by atoms with Crippen LogP contribution in [0.1, 0.15) is 16.8 Å². The summed E-state index contributed by atoms with van der Waals surface area (Å²) in [6.45, 7) is 0.425. The van der Waals surface area contributed by atoms with Gasteiger partial charge in [0.2, 0.25) is 0 Å². The Kier molecular flexibility index (Phi) is 4.80. The van der Waals surface area contributed by atoms with Crippen molar-refractivity contribution in [2.24, 2.45) is 0 Å². The summed E-state index contributed by atoms with van der Waals surface area (Å²) in [5, 5.41) is 0. The monoisotopic (exact) mass is 273 g/mol. The van der Waals surface area contributed by atoms with E-state index in [0.29, 0.717) is 18.5 Å². The molecule has 7 heteroatoms. The second-order valence-electron chi connectivity index (χ2n) is 4.17. The van der Waals surface area contributed by atoms with Crippen LogP contribution in [0.5, 0.6) is 0 Å². The van der Waals surface area contributed by atoms with Crippen molar-refractivity contribution in [2.45, 2.75) is 13.0 Å². The van der Waals surface area contributed by atoms with E-state index < -0.39 is 10.1 Å². The van der Waals surface area contributed by atoms with Crippen molar-refractivity contribution in [3.05, 3.63) is 30.1 Å². The third-order valence-electron chi connectivity index (χ3n) is 2.33. The minimum atomic E-state index is -3.92. The van der Waals surface area contributed by atoms with E-state index in [1.807, 2.05) is 0 Å². The van der Waals surface area contributed by atoms with Crippen LogP contribution in [0, 0.1) is 0 Å². The predicted molar refractivity (Wildman–Crippen MR) is 65.7 cm³/mol. The summed E-state index contributed by atoms with van der Waals surface area (Å²) in [5.74, 6) is -0.398. The molecule has 1 N–H and O–H groups in total. The third kappa shape index (κ3) is 4.80. The number of carbonyl (C=O) groups excluding carboxylic acids is 1. The van der Waals surface area contributed by atoms with Gasteiger partial charge in [-0.3, -0.25) is 9.35 Å². The van der Waals surface area contributed by atoms with Crippen molar-refractivity contribution >= 4 is 16.0 Å². The summed E-state index contributed by atoms with van der Waals surface area (Å²) in [5.41, 5.74) is 0.536. The summed E-state index contributed by atoms with van der Waals surface area (Å²) in [7, 11) is -0.593. The summed E-state index contributed by atoms with van der Waals surface area (Å²) in [6.07, 6.45) is 3.70. The molecule has 1 aromatic rings. The molecular formula is C11H17N2O4S+. The van der Waals surface area contributed by atoms with Crippen LogP contribution in [0.15, 0.2) is 24.5 Å². The number of carbonyl (C=O) groups is 1. The summed E-state index contributed by atoms with van der Waals surface area (Å²) >= 11 is 0. The smallest absolute Gasteiger partial charge is 0.265 e. The van der Waals surface area contributed by atoms with E-state index in [1.165, 1.54) is 4.90 Å². The average molecular weight is 273 g/mol. The molecule has 0 atom stereocenters. The second kappa shape index (κ2) is 5.92. The molecule has 0 unspecified atom stereocenters. The molecule has 0 spiro atoms. The van der Waals surface area contributed by atoms with Gasteiger partial charge in [-0.25, -0.2) is 4.57 Å². The first-order valence-corrected chi connectivity index (χ1v) is 7.06. The first-order valence-electron chi connectivity index (χ1n) is 5.45. The second-order valence-corrected chi connectivity index (χ2v) is 5.74. The number of aryl methyl sites for hydroxylation is 1. The molecule has 0 saturated carbocycles. The number of rotatable bonds is 5. The zero-order valence-electron chi connectivity index (χ0n) is 10.4. The molecule has 0 bridgehead atoms. The summed E-state index contributed by atoms with van der Waals surface area (Å²) < 4.78 is 31.5. The van der Waals surface area contributed by atoms with Gasteiger partial charge in [-0.1, -0.05) is 0 Å². The molecule has 1 amide bonds. The third-order valence-corrected chi connectivity index (χ3v) is 3.13. The van der Waals surface area contributed by atoms with Crippen LogP contribution in [-0.2, 0) is 16.7 Å². The predicted octanol–water partition coefficient (Wildman–Crippen LogP) is -0.0462. The number of hydrogen-bond acceptors (Lipinski definition) is 3. The molecule has 0 saturated heterocycles. The molecule has 0 aliphatic carbocycles. The van der Waals surface area contributed by atoms with E-state index in [4.69, 9.17) is 4.55 Å². The standard InChI is InChI=1S/C11H16N2O4S/c1-12(2)11(14)10-5-3-6-13(9-10)7-4-8-18(15,16)17/h3,5-6,9H,4,7-8H2,1-2H3/p+1. The van der Waals surface area contributed by atoms with Crippen molar-refractivity contribution in [1.82, 2.24) is 4.90 Å². The fraction of sp³-hybridized carbons (Fsp3) is 0.455. The van der Waals surface area contributed by atoms with Gasteiger partial charge in [0.1, 0.15) is 12.1 Å². The number of nitrogens with zero attached hydrogens (tertiary/aromatic N) is 2. The van der Waals surface area contributed by atoms with Crippen LogP contribution in [0.4, 0.5) is 0 Å². The average Bonchev–Trinajstić information content (AvgIpc) is 2.26. The summed E-state index contributed by atoms with van der Waals surface area (Å²) in [4.78, 5) is 13.2. The molecule has 0 fully saturated rings. The van der Waals surface area contributed by atoms with Crippen molar-refractivity contribution in [3.8, 4) is 0 Å². The van der Waals surface area contributed by atoms with Crippen molar-refractivity contribution in [3.63, 3.8) is 0 Å². The maximum atomic E-state index is 11.7. The van der Waals surface area contributed by atoms with Crippen LogP contribution in [-0.4, -0.2) is 43.6 Å². The van der Waals surface area contributed by atoms with Gasteiger partial charge in [0.05, 0.1) is 5.75 Å². The van der Waals surface area contributed by atoms with E-state index >= 15 is 0 Å². The molecule has 6 nitrogen and oxygen atoms in total. The van der Waals surface area contributed by atoms with Crippen LogP contribution < -0.4 is 4.57 Å². The van der Waals surface area contributed by atoms with Gasteiger partial charge >= 0.3 is 0 Å². The van der Waals surface area contributed by atoms with E-state index in [9.17, 15) is 13.2 Å². The van der Waals surface area contributed by atoms with Gasteiger partial charge in [-0.05, 0) is 6.07 Å². The molecule has 1 rings (SSSR count). The Labute approximate surface area is 107 Å². The SMILES string of the molecule is CN(C)C(=O)c1ccc[n+](CCCS(=O)(=O)O)c1. The Morgan fingerprint density at radius 3 is 2.67 bits per heavy atom. The molecule has 0 radical (unpaired) electrons. The zero-order valence-corrected chi connectivity index (χ0v) is 11.2. The lowest BCUT2D eigenvalue weighted by molar-refractivity contribution is -0.697. The minimum Gasteiger partial charge on any atom is -0.345 e. The van der Waals surface area contributed by atoms with Gasteiger partial charge in [0.25, 0.3) is 16.0 Å². The highest BCUT2D eigenvalue weighted by molar-refractivity contribution is 7.85. The van der Waals surface area contributed by atoms with E-state index in [-0.39, 0.29) is 11.7 Å². The normalized spacial score (nSPS) is 11.3.